The number of carbonyl (C=O) groups excluding carboxylic acids is 2. The zero-order valence-corrected chi connectivity index (χ0v) is 17.7. The van der Waals surface area contributed by atoms with Crippen LogP contribution in [0.5, 0.6) is 0 Å². The van der Waals surface area contributed by atoms with Crippen molar-refractivity contribution in [3.8, 4) is 0 Å². The second kappa shape index (κ2) is 20.0. The van der Waals surface area contributed by atoms with Gasteiger partial charge in [0.05, 0.1) is 5.56 Å². The summed E-state index contributed by atoms with van der Waals surface area (Å²) in [5.41, 5.74) is 0.417. The fraction of sp³-hybridized carbons (Fsp3) is 0.600. The summed E-state index contributed by atoms with van der Waals surface area (Å²) in [5.74, 6) is -0.982. The second-order valence-corrected chi connectivity index (χ2v) is 7.46. The van der Waals surface area contributed by atoms with E-state index in [9.17, 15) is 9.59 Å². The molecule has 1 aromatic carbocycles. The van der Waals surface area contributed by atoms with Crippen LogP contribution in [0, 0.1) is 0 Å². The molecule has 0 saturated heterocycles. The molecule has 0 saturated carbocycles. The first kappa shape index (κ1) is 27.7. The molecule has 0 atom stereocenters. The predicted octanol–water partition coefficient (Wildman–Crippen LogP) is 6.76. The average molecular weight is 395 g/mol. The van der Waals surface area contributed by atoms with E-state index >= 15 is 0 Å². The maximum atomic E-state index is 11.8. The third-order valence-electron chi connectivity index (χ3n) is 4.86. The van der Waals surface area contributed by atoms with Gasteiger partial charge in [-0.15, -0.1) is 0 Å². The van der Waals surface area contributed by atoms with E-state index in [2.05, 4.69) is 19.1 Å². The van der Waals surface area contributed by atoms with E-state index < -0.39 is 11.9 Å². The Morgan fingerprint density at radius 2 is 1.28 bits per heavy atom. The molecule has 0 unspecified atom stereocenters. The number of benzene rings is 1. The Morgan fingerprint density at radius 1 is 0.759 bits per heavy atom. The van der Waals surface area contributed by atoms with E-state index in [1.807, 2.05) is 6.07 Å². The summed E-state index contributed by atoms with van der Waals surface area (Å²) in [6, 6.07) is 8.63. The first-order chi connectivity index (χ1) is 13.7. The zero-order valence-electron chi connectivity index (χ0n) is 17.7. The molecule has 0 aliphatic rings. The van der Waals surface area contributed by atoms with Crippen LogP contribution in [-0.2, 0) is 9.53 Å². The van der Waals surface area contributed by atoms with Gasteiger partial charge in [0, 0.05) is 6.42 Å². The molecule has 0 spiro atoms. The number of unbranched alkanes of at least 4 members (excludes halogenated alkanes) is 11. The summed E-state index contributed by atoms with van der Waals surface area (Å²) < 4.78 is 4.87. The number of hydrogen-bond donors (Lipinski definition) is 0. The van der Waals surface area contributed by atoms with Crippen molar-refractivity contribution in [1.29, 1.82) is 0 Å². The van der Waals surface area contributed by atoms with Crippen LogP contribution >= 0.6 is 0 Å². The number of ether oxygens (including phenoxy) is 1. The van der Waals surface area contributed by atoms with E-state index in [-0.39, 0.29) is 18.9 Å². The van der Waals surface area contributed by atoms with Gasteiger partial charge in [0.25, 0.3) is 0 Å². The van der Waals surface area contributed by atoms with Gasteiger partial charge >= 0.3 is 30.8 Å². The molecule has 0 aromatic heterocycles. The van der Waals surface area contributed by atoms with Gasteiger partial charge in [-0.2, -0.15) is 0 Å². The summed E-state index contributed by atoms with van der Waals surface area (Å²) >= 11 is 0. The molecule has 3 nitrogen and oxygen atoms in total. The Kier molecular flexibility index (Phi) is 19.1. The summed E-state index contributed by atoms with van der Waals surface area (Å²) in [4.78, 5) is 23.5. The summed E-state index contributed by atoms with van der Waals surface area (Å²) in [6.45, 7) is 2.26. The average Bonchev–Trinajstić information content (AvgIpc) is 2.71. The standard InChI is InChI=1S/C25H38O3.Li.H/c1-2-3-4-5-6-7-8-9-10-11-12-13-14-15-19-22-24(26)28-25(27)23-20-17-16-18-21-23;;/h9-10,16-18,20-21H,2-8,11-15,19,22H2,1H3;;/b10-9-;;. The number of rotatable bonds is 16. The summed E-state index contributed by atoms with van der Waals surface area (Å²) in [5, 5.41) is 0. The van der Waals surface area contributed by atoms with Crippen LogP contribution in [0.4, 0.5) is 0 Å². The van der Waals surface area contributed by atoms with E-state index in [4.69, 9.17) is 4.74 Å². The Bertz CT molecular complexity index is 554. The van der Waals surface area contributed by atoms with Gasteiger partial charge < -0.3 is 4.74 Å². The van der Waals surface area contributed by atoms with Crippen molar-refractivity contribution in [1.82, 2.24) is 0 Å². The van der Waals surface area contributed by atoms with Gasteiger partial charge in [-0.25, -0.2) is 4.79 Å². The van der Waals surface area contributed by atoms with Gasteiger partial charge in [-0.05, 0) is 44.2 Å². The van der Waals surface area contributed by atoms with E-state index in [0.29, 0.717) is 12.0 Å². The van der Waals surface area contributed by atoms with Crippen LogP contribution < -0.4 is 0 Å². The fourth-order valence-electron chi connectivity index (χ4n) is 3.13. The molecule has 0 N–H and O–H groups in total. The first-order valence-corrected chi connectivity index (χ1v) is 11.2. The molecule has 0 amide bonds. The number of allylic oxidation sites excluding steroid dienone is 2. The molecule has 158 valence electrons. The predicted molar refractivity (Wildman–Crippen MR) is 123 cm³/mol. The van der Waals surface area contributed by atoms with Gasteiger partial charge in [-0.1, -0.05) is 88.6 Å². The van der Waals surface area contributed by atoms with Crippen molar-refractivity contribution in [2.75, 3.05) is 0 Å². The van der Waals surface area contributed by atoms with Crippen LogP contribution in [0.3, 0.4) is 0 Å². The molecule has 0 heterocycles. The SMILES string of the molecule is CCCCCCCC/C=C\CCCCCCCC(=O)OC(=O)c1ccccc1.[LiH]. The summed E-state index contributed by atoms with van der Waals surface area (Å²) in [6.07, 6.45) is 20.8. The molecule has 1 rings (SSSR count). The van der Waals surface area contributed by atoms with Crippen LogP contribution in [0.1, 0.15) is 107 Å². The van der Waals surface area contributed by atoms with E-state index in [1.54, 1.807) is 24.3 Å². The van der Waals surface area contributed by atoms with Crippen molar-refractivity contribution in [2.24, 2.45) is 0 Å². The van der Waals surface area contributed by atoms with Gasteiger partial charge in [0.1, 0.15) is 0 Å². The molecule has 0 fully saturated rings. The Balaban J connectivity index is 0.00000784. The Hall–Kier alpha value is -1.30. The van der Waals surface area contributed by atoms with E-state index in [0.717, 1.165) is 25.7 Å². The molecule has 29 heavy (non-hydrogen) atoms. The van der Waals surface area contributed by atoms with Crippen molar-refractivity contribution in [3.63, 3.8) is 0 Å². The topological polar surface area (TPSA) is 43.4 Å². The molecule has 0 aliphatic heterocycles. The van der Waals surface area contributed by atoms with Crippen molar-refractivity contribution >= 4 is 30.8 Å². The molecule has 0 radical (unpaired) electrons. The molecule has 0 aliphatic carbocycles. The molecule has 1 aromatic rings. The van der Waals surface area contributed by atoms with E-state index in [1.165, 1.54) is 57.8 Å². The Morgan fingerprint density at radius 3 is 1.86 bits per heavy atom. The third-order valence-corrected chi connectivity index (χ3v) is 4.86. The number of esters is 2. The van der Waals surface area contributed by atoms with Gasteiger partial charge in [0.15, 0.2) is 0 Å². The molecular formula is C25H39LiO3. The summed E-state index contributed by atoms with van der Waals surface area (Å²) in [7, 11) is 0. The van der Waals surface area contributed by atoms with Gasteiger partial charge in [-0.3, -0.25) is 4.79 Å². The van der Waals surface area contributed by atoms with Crippen LogP contribution in [0.25, 0.3) is 0 Å². The van der Waals surface area contributed by atoms with Crippen molar-refractivity contribution < 1.29 is 14.3 Å². The van der Waals surface area contributed by atoms with Crippen molar-refractivity contribution in [2.45, 2.75) is 96.8 Å². The molecule has 0 bridgehead atoms. The quantitative estimate of drug-likeness (QED) is 0.102. The Labute approximate surface area is 189 Å². The zero-order chi connectivity index (χ0) is 20.3. The molecule has 4 heteroatoms. The van der Waals surface area contributed by atoms with Gasteiger partial charge in [0.2, 0.25) is 0 Å². The third kappa shape index (κ3) is 16.2. The monoisotopic (exact) mass is 394 g/mol. The number of hydrogen-bond acceptors (Lipinski definition) is 3. The fourth-order valence-corrected chi connectivity index (χ4v) is 3.13. The van der Waals surface area contributed by atoms with Crippen LogP contribution in [0.2, 0.25) is 0 Å². The van der Waals surface area contributed by atoms with Crippen molar-refractivity contribution in [3.05, 3.63) is 48.0 Å². The second-order valence-electron chi connectivity index (χ2n) is 7.46. The minimum absolute atomic E-state index is 0. The van der Waals surface area contributed by atoms with Crippen LogP contribution in [0.15, 0.2) is 42.5 Å². The minimum atomic E-state index is -0.557. The van der Waals surface area contributed by atoms with Crippen LogP contribution in [-0.4, -0.2) is 30.8 Å². The normalized spacial score (nSPS) is 10.7. The maximum absolute atomic E-state index is 11.8. The molecular weight excluding hydrogens is 355 g/mol. The first-order valence-electron chi connectivity index (χ1n) is 11.2. The number of carbonyl (C=O) groups is 2.